The van der Waals surface area contributed by atoms with E-state index >= 15 is 0 Å². The van der Waals surface area contributed by atoms with Gasteiger partial charge in [0.05, 0.1) is 18.3 Å². The topological polar surface area (TPSA) is 62.5 Å². The number of halogens is 3. The molecule has 0 aliphatic carbocycles. The van der Waals surface area contributed by atoms with Gasteiger partial charge in [-0.1, -0.05) is 25.1 Å². The van der Waals surface area contributed by atoms with Crippen LogP contribution >= 0.6 is 24.0 Å². The number of benzene rings is 1. The van der Waals surface area contributed by atoms with Gasteiger partial charge in [0.1, 0.15) is 0 Å². The molecule has 0 fully saturated rings. The van der Waals surface area contributed by atoms with Crippen LogP contribution in [-0.4, -0.2) is 18.2 Å². The van der Waals surface area contributed by atoms with Crippen molar-refractivity contribution in [3.8, 4) is 0 Å². The molecule has 0 saturated carbocycles. The van der Waals surface area contributed by atoms with Crippen molar-refractivity contribution in [2.45, 2.75) is 39.3 Å². The first-order chi connectivity index (χ1) is 11.4. The molecule has 138 valence electrons. The molecule has 0 saturated heterocycles. The van der Waals surface area contributed by atoms with Gasteiger partial charge in [0.15, 0.2) is 23.4 Å². The van der Waals surface area contributed by atoms with E-state index in [1.807, 2.05) is 26.8 Å². The number of hydrogen-bond acceptors (Lipinski definition) is 3. The van der Waals surface area contributed by atoms with Crippen molar-refractivity contribution in [2.24, 2.45) is 4.99 Å². The molecule has 2 N–H and O–H groups in total. The molecule has 2 rings (SSSR count). The number of rotatable bonds is 5. The predicted octanol–water partition coefficient (Wildman–Crippen LogP) is 4.12. The van der Waals surface area contributed by atoms with E-state index in [1.165, 1.54) is 12.1 Å². The second-order valence-electron chi connectivity index (χ2n) is 5.84. The molecule has 0 spiro atoms. The van der Waals surface area contributed by atoms with Gasteiger partial charge in [-0.25, -0.2) is 8.78 Å². The zero-order valence-electron chi connectivity index (χ0n) is 14.6. The minimum atomic E-state index is -0.869. The molecular formula is C17H23F2IN4O. The fourth-order valence-corrected chi connectivity index (χ4v) is 2.12. The Labute approximate surface area is 163 Å². The van der Waals surface area contributed by atoms with Gasteiger partial charge in [0.2, 0.25) is 0 Å². The van der Waals surface area contributed by atoms with E-state index in [2.05, 4.69) is 20.8 Å². The van der Waals surface area contributed by atoms with Crippen molar-refractivity contribution in [1.29, 1.82) is 0 Å². The smallest absolute Gasteiger partial charge is 0.191 e. The van der Waals surface area contributed by atoms with Gasteiger partial charge in [0.25, 0.3) is 0 Å². The van der Waals surface area contributed by atoms with Crippen LogP contribution in [0, 0.1) is 11.6 Å². The summed E-state index contributed by atoms with van der Waals surface area (Å²) in [4.78, 5) is 4.12. The Kier molecular flexibility index (Phi) is 8.27. The lowest BCUT2D eigenvalue weighted by molar-refractivity contribution is 0.371. The molecule has 0 aliphatic rings. The van der Waals surface area contributed by atoms with Crippen LogP contribution in [0.5, 0.6) is 0 Å². The zero-order chi connectivity index (χ0) is 17.7. The maximum atomic E-state index is 13.3. The lowest BCUT2D eigenvalue weighted by Gasteiger charge is -2.18. The minimum absolute atomic E-state index is 0. The summed E-state index contributed by atoms with van der Waals surface area (Å²) in [6.07, 6.45) is 0. The quantitative estimate of drug-likeness (QED) is 0.397. The Morgan fingerprint density at radius 2 is 1.92 bits per heavy atom. The van der Waals surface area contributed by atoms with Crippen molar-refractivity contribution >= 4 is 29.9 Å². The van der Waals surface area contributed by atoms with Crippen LogP contribution in [-0.2, 0) is 6.54 Å². The van der Waals surface area contributed by atoms with Gasteiger partial charge in [-0.3, -0.25) is 4.99 Å². The molecule has 5 nitrogen and oxygen atoms in total. The molecule has 0 amide bonds. The summed E-state index contributed by atoms with van der Waals surface area (Å²) >= 11 is 0. The molecule has 1 aromatic heterocycles. The van der Waals surface area contributed by atoms with E-state index in [9.17, 15) is 8.78 Å². The summed E-state index contributed by atoms with van der Waals surface area (Å²) in [5.74, 6) is -0.211. The van der Waals surface area contributed by atoms with Crippen LogP contribution in [0.25, 0.3) is 0 Å². The first kappa shape index (κ1) is 21.3. The summed E-state index contributed by atoms with van der Waals surface area (Å²) in [7, 11) is 1.63. The molecule has 25 heavy (non-hydrogen) atoms. The van der Waals surface area contributed by atoms with Crippen molar-refractivity contribution in [3.05, 3.63) is 52.9 Å². The van der Waals surface area contributed by atoms with E-state index in [0.717, 1.165) is 11.8 Å². The van der Waals surface area contributed by atoms with Crippen LogP contribution < -0.4 is 10.6 Å². The number of hydrogen-bond donors (Lipinski definition) is 2. The summed E-state index contributed by atoms with van der Waals surface area (Å²) in [5.41, 5.74) is 1.52. The van der Waals surface area contributed by atoms with E-state index in [0.29, 0.717) is 29.7 Å². The zero-order valence-corrected chi connectivity index (χ0v) is 17.0. The van der Waals surface area contributed by atoms with Crippen LogP contribution in [0.2, 0.25) is 0 Å². The standard InChI is InChI=1S/C17H22F2N4O.HI/c1-10(2)16-8-13(24-23-16)9-21-17(20-4)22-11(3)12-5-6-14(18)15(19)7-12;/h5-8,10-11H,9H2,1-4H3,(H2,20,21,22);1H. The third kappa shape index (κ3) is 5.94. The molecule has 0 bridgehead atoms. The highest BCUT2D eigenvalue weighted by Crippen LogP contribution is 2.16. The maximum absolute atomic E-state index is 13.3. The normalized spacial score (nSPS) is 12.7. The van der Waals surface area contributed by atoms with Gasteiger partial charge in [-0.05, 0) is 30.5 Å². The summed E-state index contributed by atoms with van der Waals surface area (Å²) in [6.45, 7) is 6.34. The maximum Gasteiger partial charge on any atom is 0.191 e. The molecule has 0 radical (unpaired) electrons. The van der Waals surface area contributed by atoms with Gasteiger partial charge in [-0.15, -0.1) is 24.0 Å². The van der Waals surface area contributed by atoms with E-state index in [-0.39, 0.29) is 30.0 Å². The lowest BCUT2D eigenvalue weighted by Crippen LogP contribution is -2.38. The molecule has 1 aromatic carbocycles. The third-order valence-electron chi connectivity index (χ3n) is 3.62. The molecule has 1 heterocycles. The van der Waals surface area contributed by atoms with Gasteiger partial charge in [-0.2, -0.15) is 0 Å². The highest BCUT2D eigenvalue weighted by Gasteiger charge is 2.12. The van der Waals surface area contributed by atoms with Crippen LogP contribution in [0.15, 0.2) is 33.8 Å². The third-order valence-corrected chi connectivity index (χ3v) is 3.62. The Morgan fingerprint density at radius 3 is 2.48 bits per heavy atom. The van der Waals surface area contributed by atoms with Crippen LogP contribution in [0.1, 0.15) is 49.7 Å². The first-order valence-corrected chi connectivity index (χ1v) is 7.78. The lowest BCUT2D eigenvalue weighted by atomic mass is 10.1. The number of nitrogens with one attached hydrogen (secondary N) is 2. The number of nitrogens with zero attached hydrogens (tertiary/aromatic N) is 2. The molecule has 1 atom stereocenters. The highest BCUT2D eigenvalue weighted by atomic mass is 127. The summed E-state index contributed by atoms with van der Waals surface area (Å²) in [5, 5.41) is 10.2. The number of aromatic nitrogens is 1. The Balaban J connectivity index is 0.00000312. The molecular weight excluding hydrogens is 441 g/mol. The number of aliphatic imine (C=N–C) groups is 1. The average molecular weight is 464 g/mol. The summed E-state index contributed by atoms with van der Waals surface area (Å²) < 4.78 is 31.6. The largest absolute Gasteiger partial charge is 0.359 e. The van der Waals surface area contributed by atoms with E-state index in [4.69, 9.17) is 4.52 Å². The molecule has 0 aliphatic heterocycles. The van der Waals surface area contributed by atoms with E-state index in [1.54, 1.807) is 7.05 Å². The minimum Gasteiger partial charge on any atom is -0.359 e. The second kappa shape index (κ2) is 9.69. The average Bonchev–Trinajstić information content (AvgIpc) is 3.03. The van der Waals surface area contributed by atoms with Gasteiger partial charge < -0.3 is 15.2 Å². The first-order valence-electron chi connectivity index (χ1n) is 7.78. The van der Waals surface area contributed by atoms with Gasteiger partial charge in [0, 0.05) is 13.1 Å². The Bertz CT molecular complexity index is 718. The van der Waals surface area contributed by atoms with Crippen molar-refractivity contribution < 1.29 is 13.3 Å². The van der Waals surface area contributed by atoms with Crippen molar-refractivity contribution in [2.75, 3.05) is 7.05 Å². The number of guanidine groups is 1. The highest BCUT2D eigenvalue weighted by molar-refractivity contribution is 14.0. The van der Waals surface area contributed by atoms with Crippen LogP contribution in [0.3, 0.4) is 0 Å². The van der Waals surface area contributed by atoms with Crippen molar-refractivity contribution in [3.63, 3.8) is 0 Å². The fraction of sp³-hybridized carbons (Fsp3) is 0.412. The van der Waals surface area contributed by atoms with Gasteiger partial charge >= 0.3 is 0 Å². The predicted molar refractivity (Wildman–Crippen MR) is 104 cm³/mol. The fourth-order valence-electron chi connectivity index (χ4n) is 2.12. The van der Waals surface area contributed by atoms with E-state index < -0.39 is 11.6 Å². The second-order valence-corrected chi connectivity index (χ2v) is 5.84. The van der Waals surface area contributed by atoms with Crippen molar-refractivity contribution in [1.82, 2.24) is 15.8 Å². The molecule has 2 aromatic rings. The van der Waals surface area contributed by atoms with Crippen LogP contribution in [0.4, 0.5) is 8.78 Å². The Morgan fingerprint density at radius 1 is 1.20 bits per heavy atom. The Hall–Kier alpha value is -1.71. The summed E-state index contributed by atoms with van der Waals surface area (Å²) in [6, 6.07) is 5.47. The SMILES string of the molecule is CN=C(NCc1cc(C(C)C)no1)NC(C)c1ccc(F)c(F)c1.I. The molecule has 1 unspecified atom stereocenters. The monoisotopic (exact) mass is 464 g/mol. The molecule has 8 heteroatoms.